The minimum absolute atomic E-state index is 0.0745. The topological polar surface area (TPSA) is 70.1 Å². The lowest BCUT2D eigenvalue weighted by Crippen LogP contribution is -2.08. The number of carbonyl (C=O) groups excluding carboxylic acids is 1. The molecule has 0 saturated heterocycles. The van der Waals surface area contributed by atoms with Gasteiger partial charge in [-0.15, -0.1) is 0 Å². The van der Waals surface area contributed by atoms with Crippen molar-refractivity contribution >= 4 is 11.5 Å². The highest BCUT2D eigenvalue weighted by molar-refractivity contribution is 5.97. The molecule has 0 aliphatic rings. The second kappa shape index (κ2) is 9.52. The van der Waals surface area contributed by atoms with Crippen molar-refractivity contribution in [1.82, 2.24) is 9.78 Å². The summed E-state index contributed by atoms with van der Waals surface area (Å²) in [4.78, 5) is 12.9. The predicted molar refractivity (Wildman–Crippen MR) is 127 cm³/mol. The molecule has 162 valence electrons. The molecular weight excluding hydrogens is 398 g/mol. The summed E-state index contributed by atoms with van der Waals surface area (Å²) in [6, 6.07) is 25.1. The number of hydrogen-bond donors (Lipinski definition) is 1. The van der Waals surface area contributed by atoms with Gasteiger partial charge in [0.15, 0.2) is 5.78 Å². The summed E-state index contributed by atoms with van der Waals surface area (Å²) in [5.74, 6) is 0.901. The van der Waals surface area contributed by atoms with Crippen molar-refractivity contribution < 1.29 is 9.53 Å². The third-order valence-corrected chi connectivity index (χ3v) is 5.67. The van der Waals surface area contributed by atoms with Crippen LogP contribution in [0.1, 0.15) is 38.4 Å². The van der Waals surface area contributed by atoms with Gasteiger partial charge in [0.1, 0.15) is 12.4 Å². The van der Waals surface area contributed by atoms with Gasteiger partial charge >= 0.3 is 0 Å². The second-order valence-corrected chi connectivity index (χ2v) is 7.90. The van der Waals surface area contributed by atoms with E-state index in [1.54, 1.807) is 0 Å². The van der Waals surface area contributed by atoms with E-state index in [9.17, 15) is 4.79 Å². The van der Waals surface area contributed by atoms with Crippen LogP contribution in [0.2, 0.25) is 0 Å². The van der Waals surface area contributed by atoms with E-state index in [-0.39, 0.29) is 5.78 Å². The summed E-state index contributed by atoms with van der Waals surface area (Å²) >= 11 is 0. The highest BCUT2D eigenvalue weighted by atomic mass is 16.5. The van der Waals surface area contributed by atoms with Gasteiger partial charge in [0, 0.05) is 28.9 Å². The molecule has 4 rings (SSSR count). The van der Waals surface area contributed by atoms with E-state index in [4.69, 9.17) is 10.5 Å². The number of nitrogen functional groups attached to an aromatic ring is 1. The average Bonchev–Trinajstić information content (AvgIpc) is 3.07. The molecule has 0 aliphatic heterocycles. The van der Waals surface area contributed by atoms with E-state index in [1.165, 1.54) is 0 Å². The Labute approximate surface area is 188 Å². The number of ketones is 1. The highest BCUT2D eigenvalue weighted by Gasteiger charge is 2.17. The van der Waals surface area contributed by atoms with Crippen LogP contribution in [-0.4, -0.2) is 15.6 Å². The Kier molecular flexibility index (Phi) is 6.36. The Morgan fingerprint density at radius 1 is 0.938 bits per heavy atom. The number of nitrogens with two attached hydrogens (primary N) is 1. The van der Waals surface area contributed by atoms with E-state index < -0.39 is 0 Å². The maximum atomic E-state index is 12.9. The first-order valence-electron chi connectivity index (χ1n) is 10.7. The third-order valence-electron chi connectivity index (χ3n) is 5.67. The predicted octanol–water partition coefficient (Wildman–Crippen LogP) is 5.13. The number of rotatable bonds is 8. The van der Waals surface area contributed by atoms with Crippen LogP contribution in [-0.2, 0) is 19.6 Å². The Hall–Kier alpha value is -3.86. The number of aryl methyl sites for hydroxylation is 1. The van der Waals surface area contributed by atoms with Gasteiger partial charge in [0.05, 0.1) is 12.2 Å². The zero-order valence-electron chi connectivity index (χ0n) is 18.4. The monoisotopic (exact) mass is 425 g/mol. The molecule has 2 N–H and O–H groups in total. The van der Waals surface area contributed by atoms with Crippen molar-refractivity contribution in [3.05, 3.63) is 113 Å². The lowest BCUT2D eigenvalue weighted by Gasteiger charge is -2.09. The number of benzene rings is 3. The summed E-state index contributed by atoms with van der Waals surface area (Å²) < 4.78 is 7.70. The molecule has 3 aromatic carbocycles. The minimum Gasteiger partial charge on any atom is -0.489 e. The fraction of sp³-hybridized carbons (Fsp3) is 0.185. The normalized spacial score (nSPS) is 10.8. The molecule has 5 nitrogen and oxygen atoms in total. The number of Topliss-reactive ketones (excluding diaryl/α,β-unsaturated/α-hetero) is 1. The molecule has 0 bridgehead atoms. The van der Waals surface area contributed by atoms with Crippen molar-refractivity contribution in [2.45, 2.75) is 33.4 Å². The summed E-state index contributed by atoms with van der Waals surface area (Å²) in [7, 11) is 0. The Morgan fingerprint density at radius 2 is 1.62 bits per heavy atom. The lowest BCUT2D eigenvalue weighted by atomic mass is 10.0. The minimum atomic E-state index is 0.0745. The molecule has 0 spiro atoms. The number of anilines is 1. The number of ether oxygens (including phenoxy) is 1. The van der Waals surface area contributed by atoms with E-state index in [0.717, 1.165) is 39.5 Å². The van der Waals surface area contributed by atoms with Crippen molar-refractivity contribution in [2.24, 2.45) is 0 Å². The molecule has 0 fully saturated rings. The first-order valence-corrected chi connectivity index (χ1v) is 10.7. The van der Waals surface area contributed by atoms with Gasteiger partial charge in [0.25, 0.3) is 0 Å². The fourth-order valence-electron chi connectivity index (χ4n) is 3.72. The molecule has 0 atom stereocenters. The van der Waals surface area contributed by atoms with Crippen LogP contribution in [0.4, 0.5) is 5.69 Å². The summed E-state index contributed by atoms with van der Waals surface area (Å²) in [5.41, 5.74) is 12.4. The van der Waals surface area contributed by atoms with Gasteiger partial charge in [-0.2, -0.15) is 5.10 Å². The van der Waals surface area contributed by atoms with Crippen LogP contribution in [0.25, 0.3) is 0 Å². The van der Waals surface area contributed by atoms with Crippen molar-refractivity contribution in [1.29, 1.82) is 0 Å². The zero-order valence-corrected chi connectivity index (χ0v) is 18.4. The standard InChI is InChI=1S/C27H27N3O2/c1-19-25(20(2)30(29-19)17-23-8-6-7-11-26(23)28)16-27(31)22-14-12-21(13-15-22)18-32-24-9-4-3-5-10-24/h3-15H,16-18,28H2,1-2H3. The molecule has 0 radical (unpaired) electrons. The molecule has 32 heavy (non-hydrogen) atoms. The first-order chi connectivity index (χ1) is 15.5. The Morgan fingerprint density at radius 3 is 2.34 bits per heavy atom. The van der Waals surface area contributed by atoms with Gasteiger partial charge in [-0.05, 0) is 43.2 Å². The van der Waals surface area contributed by atoms with Gasteiger partial charge in [-0.3, -0.25) is 9.48 Å². The number of nitrogens with zero attached hydrogens (tertiary/aromatic N) is 2. The zero-order chi connectivity index (χ0) is 22.5. The number of aromatic nitrogens is 2. The molecule has 1 heterocycles. The number of hydrogen-bond acceptors (Lipinski definition) is 4. The Balaban J connectivity index is 1.42. The van der Waals surface area contributed by atoms with Crippen LogP contribution >= 0.6 is 0 Å². The molecule has 5 heteroatoms. The first kappa shape index (κ1) is 21.4. The maximum Gasteiger partial charge on any atom is 0.167 e. The molecule has 4 aromatic rings. The Bertz CT molecular complexity index is 1210. The SMILES string of the molecule is Cc1nn(Cc2ccccc2N)c(C)c1CC(=O)c1ccc(COc2ccccc2)cc1. The second-order valence-electron chi connectivity index (χ2n) is 7.90. The van der Waals surface area contributed by atoms with E-state index in [0.29, 0.717) is 25.1 Å². The molecule has 0 amide bonds. The van der Waals surface area contributed by atoms with Gasteiger partial charge in [-0.25, -0.2) is 0 Å². The summed E-state index contributed by atoms with van der Waals surface area (Å²) in [6.07, 6.45) is 0.321. The number of para-hydroxylation sites is 2. The van der Waals surface area contributed by atoms with Gasteiger partial charge < -0.3 is 10.5 Å². The summed E-state index contributed by atoms with van der Waals surface area (Å²) in [5, 5.41) is 4.65. The van der Waals surface area contributed by atoms with Crippen molar-refractivity contribution in [3.8, 4) is 5.75 Å². The van der Waals surface area contributed by atoms with Gasteiger partial charge in [0.2, 0.25) is 0 Å². The van der Waals surface area contributed by atoms with Crippen LogP contribution in [0.3, 0.4) is 0 Å². The molecule has 0 unspecified atom stereocenters. The maximum absolute atomic E-state index is 12.9. The van der Waals surface area contributed by atoms with Crippen LogP contribution in [0.5, 0.6) is 5.75 Å². The van der Waals surface area contributed by atoms with Gasteiger partial charge in [-0.1, -0.05) is 60.7 Å². The molecule has 0 aliphatic carbocycles. The van der Waals surface area contributed by atoms with E-state index in [2.05, 4.69) is 5.10 Å². The van der Waals surface area contributed by atoms with Crippen LogP contribution < -0.4 is 10.5 Å². The molecule has 0 saturated carbocycles. The van der Waals surface area contributed by atoms with Crippen molar-refractivity contribution in [2.75, 3.05) is 5.73 Å². The number of carbonyl (C=O) groups is 1. The smallest absolute Gasteiger partial charge is 0.167 e. The fourth-order valence-corrected chi connectivity index (χ4v) is 3.72. The highest BCUT2D eigenvalue weighted by Crippen LogP contribution is 2.20. The average molecular weight is 426 g/mol. The lowest BCUT2D eigenvalue weighted by molar-refractivity contribution is 0.0992. The van der Waals surface area contributed by atoms with Crippen molar-refractivity contribution in [3.63, 3.8) is 0 Å². The van der Waals surface area contributed by atoms with Crippen LogP contribution in [0, 0.1) is 13.8 Å². The largest absolute Gasteiger partial charge is 0.489 e. The quantitative estimate of drug-likeness (QED) is 0.314. The summed E-state index contributed by atoms with van der Waals surface area (Å²) in [6.45, 7) is 5.01. The molecular formula is C27H27N3O2. The van der Waals surface area contributed by atoms with Crippen LogP contribution in [0.15, 0.2) is 78.9 Å². The van der Waals surface area contributed by atoms with E-state index >= 15 is 0 Å². The van der Waals surface area contributed by atoms with E-state index in [1.807, 2.05) is 97.4 Å². The third kappa shape index (κ3) is 4.89. The molecule has 1 aromatic heterocycles.